The van der Waals surface area contributed by atoms with Gasteiger partial charge in [-0.05, 0) is 38.1 Å². The zero-order valence-corrected chi connectivity index (χ0v) is 14.4. The van der Waals surface area contributed by atoms with Crippen LogP contribution in [0, 0.1) is 0 Å². The van der Waals surface area contributed by atoms with Crippen molar-refractivity contribution in [2.45, 2.75) is 26.4 Å². The van der Waals surface area contributed by atoms with Crippen molar-refractivity contribution in [3.63, 3.8) is 0 Å². The van der Waals surface area contributed by atoms with Crippen molar-refractivity contribution >= 4 is 23.4 Å². The lowest BCUT2D eigenvalue weighted by atomic mass is 10.1. The first kappa shape index (κ1) is 17.0. The van der Waals surface area contributed by atoms with E-state index in [4.69, 9.17) is 16.1 Å². The number of nitrogens with zero attached hydrogens (tertiary/aromatic N) is 4. The number of halogens is 1. The molecule has 2 N–H and O–H groups in total. The van der Waals surface area contributed by atoms with Crippen molar-refractivity contribution < 1.29 is 14.4 Å². The Balaban J connectivity index is 1.88. The Bertz CT molecular complexity index is 886. The monoisotopic (exact) mass is 361 g/mol. The van der Waals surface area contributed by atoms with Gasteiger partial charge in [0.2, 0.25) is 0 Å². The molecule has 0 aliphatic carbocycles. The first-order valence-corrected chi connectivity index (χ1v) is 7.96. The molecule has 9 heteroatoms. The van der Waals surface area contributed by atoms with E-state index in [9.17, 15) is 9.90 Å². The van der Waals surface area contributed by atoms with E-state index in [1.807, 2.05) is 18.4 Å². The highest BCUT2D eigenvalue weighted by Crippen LogP contribution is 2.30. The van der Waals surface area contributed by atoms with Crippen LogP contribution in [0.1, 0.15) is 36.1 Å². The van der Waals surface area contributed by atoms with Gasteiger partial charge in [0.15, 0.2) is 23.0 Å². The smallest absolute Gasteiger partial charge is 0.343 e. The fourth-order valence-corrected chi connectivity index (χ4v) is 2.52. The molecule has 2 aromatic heterocycles. The van der Waals surface area contributed by atoms with Gasteiger partial charge in [-0.3, -0.25) is 0 Å². The van der Waals surface area contributed by atoms with E-state index in [1.54, 1.807) is 30.6 Å². The minimum absolute atomic E-state index is 0.0436. The summed E-state index contributed by atoms with van der Waals surface area (Å²) in [5.74, 6) is -0.172. The fourth-order valence-electron chi connectivity index (χ4n) is 2.39. The molecule has 0 bridgehead atoms. The van der Waals surface area contributed by atoms with Crippen LogP contribution in [-0.2, 0) is 6.54 Å². The SMILES string of the molecule is CC(C)n1cnnc1CNc1noc(-c2ccc(Cl)cc2)c1C(=O)O. The van der Waals surface area contributed by atoms with E-state index in [0.717, 1.165) is 0 Å². The zero-order valence-electron chi connectivity index (χ0n) is 13.6. The van der Waals surface area contributed by atoms with Gasteiger partial charge in [-0.15, -0.1) is 10.2 Å². The summed E-state index contributed by atoms with van der Waals surface area (Å²) in [6.07, 6.45) is 1.63. The summed E-state index contributed by atoms with van der Waals surface area (Å²) in [5, 5.41) is 24.8. The Labute approximate surface area is 148 Å². The molecule has 0 aliphatic rings. The van der Waals surface area contributed by atoms with Crippen LogP contribution in [0.2, 0.25) is 5.02 Å². The topological polar surface area (TPSA) is 106 Å². The first-order chi connectivity index (χ1) is 12.0. The minimum Gasteiger partial charge on any atom is -0.477 e. The van der Waals surface area contributed by atoms with E-state index >= 15 is 0 Å². The number of carboxylic acids is 1. The molecule has 3 aromatic rings. The number of carboxylic acid groups (broad SMARTS) is 1. The predicted octanol–water partition coefficient (Wildman–Crippen LogP) is 3.48. The van der Waals surface area contributed by atoms with Crippen LogP contribution in [0.5, 0.6) is 0 Å². The number of carbonyl (C=O) groups is 1. The Hall–Kier alpha value is -2.87. The lowest BCUT2D eigenvalue weighted by molar-refractivity contribution is 0.0698. The molecule has 0 amide bonds. The van der Waals surface area contributed by atoms with Crippen LogP contribution in [-0.4, -0.2) is 31.0 Å². The van der Waals surface area contributed by atoms with Crippen molar-refractivity contribution in [2.24, 2.45) is 0 Å². The fraction of sp³-hybridized carbons (Fsp3) is 0.250. The second kappa shape index (κ2) is 6.94. The molecule has 130 valence electrons. The molecule has 8 nitrogen and oxygen atoms in total. The van der Waals surface area contributed by atoms with E-state index in [2.05, 4.69) is 20.7 Å². The first-order valence-electron chi connectivity index (χ1n) is 7.58. The van der Waals surface area contributed by atoms with Crippen molar-refractivity contribution in [1.29, 1.82) is 0 Å². The van der Waals surface area contributed by atoms with Crippen LogP contribution >= 0.6 is 11.6 Å². The summed E-state index contributed by atoms with van der Waals surface area (Å²) in [6.45, 7) is 4.28. The van der Waals surface area contributed by atoms with Crippen LogP contribution in [0.25, 0.3) is 11.3 Å². The summed E-state index contributed by atoms with van der Waals surface area (Å²) in [4.78, 5) is 11.7. The molecule has 0 fully saturated rings. The van der Waals surface area contributed by atoms with Crippen molar-refractivity contribution in [2.75, 3.05) is 5.32 Å². The van der Waals surface area contributed by atoms with E-state index < -0.39 is 5.97 Å². The molecule has 25 heavy (non-hydrogen) atoms. The molecule has 0 unspecified atom stereocenters. The van der Waals surface area contributed by atoms with E-state index in [-0.39, 0.29) is 29.7 Å². The van der Waals surface area contributed by atoms with Crippen LogP contribution in [0.4, 0.5) is 5.82 Å². The maximum atomic E-state index is 11.7. The predicted molar refractivity (Wildman–Crippen MR) is 91.6 cm³/mol. The molecule has 0 aliphatic heterocycles. The van der Waals surface area contributed by atoms with E-state index in [1.165, 1.54) is 0 Å². The molecular formula is C16H16ClN5O3. The third-order valence-corrected chi connectivity index (χ3v) is 3.88. The van der Waals surface area contributed by atoms with Gasteiger partial charge in [0.25, 0.3) is 0 Å². The quantitative estimate of drug-likeness (QED) is 0.692. The number of aromatic nitrogens is 4. The average Bonchev–Trinajstić information content (AvgIpc) is 3.20. The number of hydrogen-bond acceptors (Lipinski definition) is 6. The Morgan fingerprint density at radius 3 is 2.72 bits per heavy atom. The van der Waals surface area contributed by atoms with Gasteiger partial charge in [0.05, 0.1) is 6.54 Å². The highest BCUT2D eigenvalue weighted by molar-refractivity contribution is 6.30. The van der Waals surface area contributed by atoms with Crippen LogP contribution in [0.3, 0.4) is 0 Å². The molecule has 0 saturated carbocycles. The number of nitrogens with one attached hydrogen (secondary N) is 1. The number of aromatic carboxylic acids is 1. The number of rotatable bonds is 6. The Morgan fingerprint density at radius 1 is 1.36 bits per heavy atom. The Morgan fingerprint density at radius 2 is 2.08 bits per heavy atom. The average molecular weight is 362 g/mol. The summed E-state index contributed by atoms with van der Waals surface area (Å²) >= 11 is 5.86. The van der Waals surface area contributed by atoms with Crippen molar-refractivity contribution in [3.05, 3.63) is 47.0 Å². The van der Waals surface area contributed by atoms with Gasteiger partial charge in [-0.2, -0.15) is 0 Å². The van der Waals surface area contributed by atoms with Gasteiger partial charge in [-0.1, -0.05) is 16.8 Å². The van der Waals surface area contributed by atoms with E-state index in [0.29, 0.717) is 16.4 Å². The van der Waals surface area contributed by atoms with Gasteiger partial charge >= 0.3 is 5.97 Å². The summed E-state index contributed by atoms with van der Waals surface area (Å²) < 4.78 is 7.13. The maximum absolute atomic E-state index is 11.7. The second-order valence-electron chi connectivity index (χ2n) is 5.65. The summed E-state index contributed by atoms with van der Waals surface area (Å²) in [5.41, 5.74) is 0.533. The summed E-state index contributed by atoms with van der Waals surface area (Å²) in [7, 11) is 0. The molecule has 0 spiro atoms. The van der Waals surface area contributed by atoms with Crippen molar-refractivity contribution in [1.82, 2.24) is 19.9 Å². The minimum atomic E-state index is -1.14. The number of anilines is 1. The molecule has 0 saturated heterocycles. The third kappa shape index (κ3) is 3.48. The van der Waals surface area contributed by atoms with Crippen LogP contribution in [0.15, 0.2) is 35.1 Å². The molecule has 0 atom stereocenters. The summed E-state index contributed by atoms with van der Waals surface area (Å²) in [6, 6.07) is 6.85. The van der Waals surface area contributed by atoms with Gasteiger partial charge in [0.1, 0.15) is 6.33 Å². The number of hydrogen-bond donors (Lipinski definition) is 2. The lowest BCUT2D eigenvalue weighted by Gasteiger charge is -2.10. The molecule has 0 radical (unpaired) electrons. The zero-order chi connectivity index (χ0) is 18.0. The highest BCUT2D eigenvalue weighted by atomic mass is 35.5. The second-order valence-corrected chi connectivity index (χ2v) is 6.09. The lowest BCUT2D eigenvalue weighted by Crippen LogP contribution is -2.12. The normalized spacial score (nSPS) is 11.0. The van der Waals surface area contributed by atoms with Gasteiger partial charge in [0, 0.05) is 16.6 Å². The molecule has 2 heterocycles. The largest absolute Gasteiger partial charge is 0.477 e. The molecular weight excluding hydrogens is 346 g/mol. The third-order valence-electron chi connectivity index (χ3n) is 3.63. The van der Waals surface area contributed by atoms with Gasteiger partial charge < -0.3 is 19.5 Å². The highest BCUT2D eigenvalue weighted by Gasteiger charge is 2.24. The molecule has 3 rings (SSSR count). The standard InChI is InChI=1S/C16H16ClN5O3/c1-9(2)22-8-19-20-12(22)7-18-15-13(16(23)24)14(25-21-15)10-3-5-11(17)6-4-10/h3-6,8-9H,7H2,1-2H3,(H,18,21)(H,23,24). The Kier molecular flexibility index (Phi) is 4.71. The maximum Gasteiger partial charge on any atom is 0.343 e. The molecule has 1 aromatic carbocycles. The number of benzene rings is 1. The van der Waals surface area contributed by atoms with Crippen LogP contribution < -0.4 is 5.32 Å². The van der Waals surface area contributed by atoms with Crippen molar-refractivity contribution in [3.8, 4) is 11.3 Å². The van der Waals surface area contributed by atoms with Gasteiger partial charge in [-0.25, -0.2) is 4.79 Å².